The summed E-state index contributed by atoms with van der Waals surface area (Å²) in [5, 5.41) is 23.1. The van der Waals surface area contributed by atoms with Gasteiger partial charge in [-0.25, -0.2) is 8.78 Å². The number of hydrogen-bond donors (Lipinski definition) is 7. The van der Waals surface area contributed by atoms with Crippen molar-refractivity contribution in [2.45, 2.75) is 37.8 Å². The molecule has 8 rings (SSSR count). The van der Waals surface area contributed by atoms with Gasteiger partial charge in [0.2, 0.25) is 17.7 Å². The average molecular weight is 935 g/mol. The van der Waals surface area contributed by atoms with Crippen LogP contribution in [0.2, 0.25) is 0 Å². The first-order chi connectivity index (χ1) is 32.8. The van der Waals surface area contributed by atoms with Gasteiger partial charge in [-0.2, -0.15) is 0 Å². The van der Waals surface area contributed by atoms with E-state index >= 15 is 0 Å². The van der Waals surface area contributed by atoms with Crippen LogP contribution in [0.5, 0.6) is 0 Å². The molecule has 4 aliphatic heterocycles. The number of nitrogens with two attached hydrogens (primary N) is 1. The van der Waals surface area contributed by atoms with E-state index in [9.17, 15) is 37.5 Å². The molecule has 3 fully saturated rings. The van der Waals surface area contributed by atoms with E-state index in [0.717, 1.165) is 23.1 Å². The Morgan fingerprint density at radius 2 is 1.60 bits per heavy atom. The molecule has 4 aliphatic rings. The molecule has 356 valence electrons. The molecular formula is C48H52F2N10O8. The number of imide groups is 2. The van der Waals surface area contributed by atoms with Crippen molar-refractivity contribution >= 4 is 64.0 Å². The van der Waals surface area contributed by atoms with Gasteiger partial charge in [-0.1, -0.05) is 6.07 Å². The standard InChI is InChI=1S/C48H52F2N10O8/c49-30-20-29(21-31(50)23-30)19-28-1-6-39(51)38(22-28)44(52)57-45(63)36-5-3-34(25-40(36)55-33-9-16-68-27-33)59-14-12-58(13-15-59)26-43(62)54-11-18-67-17-10-53-32-2-4-35-37(24-32)48(66)60(47(35)65)41-7-8-42(61)56-46(41)64/h1-6,20-25,33,41,53,55H,7-19,26-27,51H2,(H,54,62)(H2,52,57,63)(H,56,61,64). The fraction of sp³-hybridized carbons (Fsp3) is 0.354. The van der Waals surface area contributed by atoms with Gasteiger partial charge in [0.25, 0.3) is 17.7 Å². The van der Waals surface area contributed by atoms with Crippen LogP contribution in [0, 0.1) is 17.0 Å². The molecule has 0 bridgehead atoms. The zero-order chi connectivity index (χ0) is 47.9. The van der Waals surface area contributed by atoms with E-state index in [-0.39, 0.29) is 72.6 Å². The van der Waals surface area contributed by atoms with Crippen LogP contribution >= 0.6 is 0 Å². The lowest BCUT2D eigenvalue weighted by molar-refractivity contribution is -0.136. The Morgan fingerprint density at radius 1 is 0.838 bits per heavy atom. The van der Waals surface area contributed by atoms with E-state index in [4.69, 9.17) is 20.6 Å². The normalized spacial score (nSPS) is 18.3. The number of fused-ring (bicyclic) bond motifs is 1. The molecule has 6 amide bonds. The summed E-state index contributed by atoms with van der Waals surface area (Å²) in [5.74, 6) is -4.51. The number of carbonyl (C=O) groups is 6. The van der Waals surface area contributed by atoms with Gasteiger partial charge in [-0.05, 0) is 91.1 Å². The summed E-state index contributed by atoms with van der Waals surface area (Å²) >= 11 is 0. The molecule has 4 heterocycles. The second kappa shape index (κ2) is 21.1. The number of benzene rings is 4. The summed E-state index contributed by atoms with van der Waals surface area (Å²) in [6.45, 7) is 5.09. The number of nitrogens with one attached hydrogen (secondary N) is 6. The van der Waals surface area contributed by atoms with Gasteiger partial charge in [-0.15, -0.1) is 0 Å². The van der Waals surface area contributed by atoms with Crippen molar-refractivity contribution < 1.29 is 47.0 Å². The molecule has 4 aromatic carbocycles. The Bertz CT molecular complexity index is 2610. The third-order valence-electron chi connectivity index (χ3n) is 12.2. The molecule has 0 radical (unpaired) electrons. The van der Waals surface area contributed by atoms with Crippen LogP contribution in [0.3, 0.4) is 0 Å². The lowest BCUT2D eigenvalue weighted by Crippen LogP contribution is -2.54. The number of piperazine rings is 1. The van der Waals surface area contributed by atoms with Gasteiger partial charge in [-0.3, -0.25) is 49.3 Å². The van der Waals surface area contributed by atoms with E-state index in [1.165, 1.54) is 18.2 Å². The molecule has 8 N–H and O–H groups in total. The number of ether oxygens (including phenoxy) is 2. The van der Waals surface area contributed by atoms with Crippen molar-refractivity contribution in [3.63, 3.8) is 0 Å². The van der Waals surface area contributed by atoms with Crippen molar-refractivity contribution in [1.29, 1.82) is 5.41 Å². The van der Waals surface area contributed by atoms with Crippen LogP contribution < -0.4 is 37.2 Å². The molecule has 0 aliphatic carbocycles. The molecule has 4 aromatic rings. The lowest BCUT2D eigenvalue weighted by Gasteiger charge is -2.36. The highest BCUT2D eigenvalue weighted by Gasteiger charge is 2.44. The molecule has 0 aromatic heterocycles. The highest BCUT2D eigenvalue weighted by molar-refractivity contribution is 6.23. The van der Waals surface area contributed by atoms with Crippen LogP contribution in [0.15, 0.2) is 72.8 Å². The summed E-state index contributed by atoms with van der Waals surface area (Å²) in [4.78, 5) is 81.7. The summed E-state index contributed by atoms with van der Waals surface area (Å²) in [6.07, 6.45) is 1.07. The number of halogens is 2. The maximum atomic E-state index is 13.8. The minimum Gasteiger partial charge on any atom is -0.398 e. The summed E-state index contributed by atoms with van der Waals surface area (Å²) < 4.78 is 38.9. The number of amidine groups is 1. The Balaban J connectivity index is 0.770. The quantitative estimate of drug-likeness (QED) is 0.0266. The Labute approximate surface area is 390 Å². The van der Waals surface area contributed by atoms with Crippen LogP contribution in [0.1, 0.15) is 67.0 Å². The second-order valence-corrected chi connectivity index (χ2v) is 17.0. The number of carbonyl (C=O) groups excluding carboxylic acids is 6. The minimum absolute atomic E-state index is 0.0193. The fourth-order valence-electron chi connectivity index (χ4n) is 8.68. The highest BCUT2D eigenvalue weighted by Crippen LogP contribution is 2.30. The molecule has 0 saturated carbocycles. The number of nitrogen functional groups attached to an aromatic ring is 1. The van der Waals surface area contributed by atoms with Crippen LogP contribution in [-0.2, 0) is 30.3 Å². The number of amides is 6. The molecular weight excluding hydrogens is 883 g/mol. The molecule has 3 saturated heterocycles. The Morgan fingerprint density at radius 3 is 2.35 bits per heavy atom. The average Bonchev–Trinajstić information content (AvgIpc) is 3.91. The second-order valence-electron chi connectivity index (χ2n) is 17.0. The highest BCUT2D eigenvalue weighted by atomic mass is 19.1. The zero-order valence-corrected chi connectivity index (χ0v) is 37.1. The van der Waals surface area contributed by atoms with Gasteiger partial charge < -0.3 is 41.4 Å². The van der Waals surface area contributed by atoms with Gasteiger partial charge >= 0.3 is 0 Å². The smallest absolute Gasteiger partial charge is 0.262 e. The zero-order valence-electron chi connectivity index (χ0n) is 37.1. The first-order valence-corrected chi connectivity index (χ1v) is 22.4. The van der Waals surface area contributed by atoms with Crippen LogP contribution in [-0.4, -0.2) is 135 Å². The number of anilines is 4. The van der Waals surface area contributed by atoms with E-state index in [1.807, 2.05) is 12.1 Å². The number of rotatable bonds is 17. The van der Waals surface area contributed by atoms with E-state index in [2.05, 4.69) is 36.4 Å². The summed E-state index contributed by atoms with van der Waals surface area (Å²) in [6, 6.07) is 17.4. The molecule has 2 atom stereocenters. The SMILES string of the molecule is N=C(NC(=O)c1ccc(N2CCN(CC(=O)NCCOCCNc3ccc4c(c3)C(=O)N(C3CCC(=O)NC3=O)C4=O)CC2)cc1NC1CCOC1)c1cc(Cc2cc(F)cc(F)c2)ccc1N. The minimum atomic E-state index is -1.03. The van der Waals surface area contributed by atoms with Gasteiger partial charge in [0.05, 0.1) is 49.1 Å². The first kappa shape index (κ1) is 47.2. The Hall–Kier alpha value is -7.29. The largest absolute Gasteiger partial charge is 0.398 e. The molecule has 0 spiro atoms. The maximum Gasteiger partial charge on any atom is 0.262 e. The van der Waals surface area contributed by atoms with Crippen molar-refractivity contribution in [2.75, 3.05) is 93.5 Å². The van der Waals surface area contributed by atoms with Crippen LogP contribution in [0.4, 0.5) is 31.5 Å². The molecule has 2 unspecified atom stereocenters. The van der Waals surface area contributed by atoms with Crippen molar-refractivity contribution in [1.82, 2.24) is 25.8 Å². The van der Waals surface area contributed by atoms with E-state index in [0.29, 0.717) is 87.2 Å². The van der Waals surface area contributed by atoms with Gasteiger partial charge in [0.1, 0.15) is 23.5 Å². The van der Waals surface area contributed by atoms with Gasteiger partial charge in [0.15, 0.2) is 0 Å². The fourth-order valence-corrected chi connectivity index (χ4v) is 8.68. The third kappa shape index (κ3) is 11.3. The van der Waals surface area contributed by atoms with Crippen LogP contribution in [0.25, 0.3) is 0 Å². The van der Waals surface area contributed by atoms with Crippen molar-refractivity contribution in [2.24, 2.45) is 0 Å². The van der Waals surface area contributed by atoms with Gasteiger partial charge in [0, 0.05) is 86.7 Å². The number of piperidine rings is 1. The van der Waals surface area contributed by atoms with E-state index in [1.54, 1.807) is 36.4 Å². The molecule has 20 heteroatoms. The number of hydrogen-bond acceptors (Lipinski definition) is 14. The molecule has 68 heavy (non-hydrogen) atoms. The lowest BCUT2D eigenvalue weighted by atomic mass is 10.0. The monoisotopic (exact) mass is 934 g/mol. The van der Waals surface area contributed by atoms with Crippen molar-refractivity contribution in [3.05, 3.63) is 118 Å². The molecule has 18 nitrogen and oxygen atoms in total. The number of nitrogens with zero attached hydrogens (tertiary/aromatic N) is 3. The van der Waals surface area contributed by atoms with E-state index < -0.39 is 47.2 Å². The summed E-state index contributed by atoms with van der Waals surface area (Å²) in [5.41, 5.74) is 10.6. The third-order valence-corrected chi connectivity index (χ3v) is 12.2. The maximum absolute atomic E-state index is 13.8. The first-order valence-electron chi connectivity index (χ1n) is 22.4. The topological polar surface area (TPSA) is 241 Å². The Kier molecular flexibility index (Phi) is 14.7. The summed E-state index contributed by atoms with van der Waals surface area (Å²) in [7, 11) is 0. The van der Waals surface area contributed by atoms with Crippen molar-refractivity contribution in [3.8, 4) is 0 Å². The predicted octanol–water partition coefficient (Wildman–Crippen LogP) is 2.86. The predicted molar refractivity (Wildman–Crippen MR) is 248 cm³/mol.